The Labute approximate surface area is 244 Å². The number of ether oxygens (including phenoxy) is 2. The maximum absolute atomic E-state index is 14.2. The molecule has 3 aromatic rings. The topological polar surface area (TPSA) is 97.7 Å². The first-order valence-electron chi connectivity index (χ1n) is 14.6. The Balaban J connectivity index is 1.40. The number of nitrogens with zero attached hydrogens (tertiary/aromatic N) is 3. The van der Waals surface area contributed by atoms with E-state index >= 15 is 0 Å². The molecule has 2 aliphatic rings. The zero-order valence-corrected chi connectivity index (χ0v) is 23.7. The van der Waals surface area contributed by atoms with Gasteiger partial charge in [-0.3, -0.25) is 4.79 Å². The van der Waals surface area contributed by atoms with Gasteiger partial charge in [-0.15, -0.1) is 0 Å². The summed E-state index contributed by atoms with van der Waals surface area (Å²) in [5, 5.41) is 6.35. The molecule has 9 nitrogen and oxygen atoms in total. The largest absolute Gasteiger partial charge is 0.493 e. The highest BCUT2D eigenvalue weighted by atomic mass is 19.1. The van der Waals surface area contributed by atoms with Gasteiger partial charge in [0.15, 0.2) is 5.69 Å². The van der Waals surface area contributed by atoms with E-state index in [4.69, 9.17) is 9.47 Å². The molecule has 0 radical (unpaired) electrons. The molecule has 3 atom stereocenters. The molecule has 2 amide bonds. The van der Waals surface area contributed by atoms with Gasteiger partial charge in [0, 0.05) is 55.9 Å². The number of nitrogens with one attached hydrogen (secondary N) is 2. The maximum atomic E-state index is 14.2. The molecule has 42 heavy (non-hydrogen) atoms. The van der Waals surface area contributed by atoms with Gasteiger partial charge in [-0.2, -0.15) is 0 Å². The minimum absolute atomic E-state index is 0.0914. The van der Waals surface area contributed by atoms with Crippen molar-refractivity contribution < 1.29 is 27.8 Å². The van der Waals surface area contributed by atoms with E-state index in [2.05, 4.69) is 15.6 Å². The first-order valence-corrected chi connectivity index (χ1v) is 14.6. The summed E-state index contributed by atoms with van der Waals surface area (Å²) >= 11 is 0. The Morgan fingerprint density at radius 1 is 1.10 bits per heavy atom. The first kappa shape index (κ1) is 29.5. The van der Waals surface area contributed by atoms with Gasteiger partial charge in [0.25, 0.3) is 5.91 Å². The van der Waals surface area contributed by atoms with E-state index in [1.165, 1.54) is 0 Å². The third-order valence-corrected chi connectivity index (χ3v) is 7.88. The average molecular weight is 582 g/mol. The van der Waals surface area contributed by atoms with Crippen LogP contribution in [0.15, 0.2) is 54.9 Å². The molecule has 2 heterocycles. The minimum atomic E-state index is -0.706. The highest BCUT2D eigenvalue weighted by molar-refractivity contribution is 5.98. The highest BCUT2D eigenvalue weighted by Crippen LogP contribution is 2.35. The number of benzene rings is 2. The van der Waals surface area contributed by atoms with Crippen molar-refractivity contribution in [3.8, 4) is 17.0 Å². The highest BCUT2D eigenvalue weighted by Gasteiger charge is 2.35. The predicted octanol–water partition coefficient (Wildman–Crippen LogP) is 4.94. The Morgan fingerprint density at radius 3 is 2.62 bits per heavy atom. The van der Waals surface area contributed by atoms with Gasteiger partial charge in [0.05, 0.1) is 37.3 Å². The molecule has 0 spiro atoms. The van der Waals surface area contributed by atoms with Crippen LogP contribution in [0.4, 0.5) is 13.6 Å². The fourth-order valence-electron chi connectivity index (χ4n) is 5.93. The third-order valence-electron chi connectivity index (χ3n) is 7.88. The molecule has 2 fully saturated rings. The summed E-state index contributed by atoms with van der Waals surface area (Å²) in [4.78, 5) is 33.0. The predicted molar refractivity (Wildman–Crippen MR) is 153 cm³/mol. The van der Waals surface area contributed by atoms with Gasteiger partial charge >= 0.3 is 6.09 Å². The van der Waals surface area contributed by atoms with E-state index in [0.29, 0.717) is 37.4 Å². The summed E-state index contributed by atoms with van der Waals surface area (Å²) in [5.41, 5.74) is 1.93. The van der Waals surface area contributed by atoms with Crippen LogP contribution in [-0.4, -0.2) is 71.4 Å². The molecule has 5 rings (SSSR count). The number of rotatable bonds is 9. The van der Waals surface area contributed by atoms with E-state index < -0.39 is 17.7 Å². The van der Waals surface area contributed by atoms with Crippen LogP contribution in [-0.2, 0) is 4.74 Å². The Kier molecular flexibility index (Phi) is 9.68. The molecule has 0 bridgehead atoms. The summed E-state index contributed by atoms with van der Waals surface area (Å²) in [6.07, 6.45) is 5.34. The average Bonchev–Trinajstić information content (AvgIpc) is 3.42. The summed E-state index contributed by atoms with van der Waals surface area (Å²) in [6, 6.07) is 12.3. The Bertz CT molecular complexity index is 1350. The number of halogens is 2. The lowest BCUT2D eigenvalue weighted by Crippen LogP contribution is -2.54. The number of alkyl carbamates (subject to hydrolysis) is 1. The lowest BCUT2D eigenvalue weighted by atomic mass is 9.89. The van der Waals surface area contributed by atoms with Gasteiger partial charge in [-0.25, -0.2) is 18.6 Å². The fourth-order valence-corrected chi connectivity index (χ4v) is 5.93. The van der Waals surface area contributed by atoms with Crippen LogP contribution in [0.3, 0.4) is 0 Å². The summed E-state index contributed by atoms with van der Waals surface area (Å²) in [5.74, 6) is -1.50. The molecule has 2 N–H and O–H groups in total. The second kappa shape index (κ2) is 13.8. The van der Waals surface area contributed by atoms with Crippen molar-refractivity contribution in [3.63, 3.8) is 0 Å². The number of piperazine rings is 1. The summed E-state index contributed by atoms with van der Waals surface area (Å²) in [7, 11) is 0. The van der Waals surface area contributed by atoms with Crippen molar-refractivity contribution in [3.05, 3.63) is 72.2 Å². The molecular formula is C31H37F2N5O4. The zero-order valence-electron chi connectivity index (χ0n) is 23.7. The van der Waals surface area contributed by atoms with Gasteiger partial charge in [-0.05, 0) is 19.8 Å². The van der Waals surface area contributed by atoms with Crippen molar-refractivity contribution in [2.75, 3.05) is 32.8 Å². The van der Waals surface area contributed by atoms with E-state index in [9.17, 15) is 18.4 Å². The van der Waals surface area contributed by atoms with Crippen LogP contribution in [0.1, 0.15) is 55.6 Å². The van der Waals surface area contributed by atoms with Crippen molar-refractivity contribution in [2.45, 2.75) is 57.2 Å². The van der Waals surface area contributed by atoms with Crippen molar-refractivity contribution in [1.29, 1.82) is 0 Å². The Hall–Kier alpha value is -3.99. The van der Waals surface area contributed by atoms with Crippen molar-refractivity contribution in [1.82, 2.24) is 25.1 Å². The number of carbonyl (C=O) groups excluding carboxylic acids is 2. The zero-order chi connectivity index (χ0) is 29.5. The van der Waals surface area contributed by atoms with E-state index in [-0.39, 0.29) is 43.0 Å². The number of carbonyl (C=O) groups is 2. The van der Waals surface area contributed by atoms with Crippen LogP contribution in [0.2, 0.25) is 0 Å². The van der Waals surface area contributed by atoms with Gasteiger partial charge < -0.3 is 29.6 Å². The molecule has 1 aliphatic heterocycles. The lowest BCUT2D eigenvalue weighted by Gasteiger charge is -2.36. The monoisotopic (exact) mass is 581 g/mol. The van der Waals surface area contributed by atoms with Gasteiger partial charge in [0.1, 0.15) is 17.4 Å². The van der Waals surface area contributed by atoms with Crippen LogP contribution in [0, 0.1) is 11.6 Å². The SMILES string of the molecule is CCOC(=O)N[C@H]1CCCC[C@@H]1n1cnc(C(=O)N2CCNC[C@H]2CCOc2cc(F)cc(F)c2)c1-c1ccccc1. The van der Waals surface area contributed by atoms with Crippen LogP contribution >= 0.6 is 0 Å². The number of amides is 2. The first-order chi connectivity index (χ1) is 20.4. The van der Waals surface area contributed by atoms with Crippen LogP contribution < -0.4 is 15.4 Å². The molecule has 1 saturated heterocycles. The number of hydrogen-bond donors (Lipinski definition) is 2. The number of imidazole rings is 1. The quantitative estimate of drug-likeness (QED) is 0.372. The lowest BCUT2D eigenvalue weighted by molar-refractivity contribution is 0.0601. The Morgan fingerprint density at radius 2 is 1.86 bits per heavy atom. The second-order valence-electron chi connectivity index (χ2n) is 10.6. The van der Waals surface area contributed by atoms with Crippen molar-refractivity contribution >= 4 is 12.0 Å². The molecule has 0 unspecified atom stereocenters. The normalized spacial score (nSPS) is 20.6. The maximum Gasteiger partial charge on any atom is 0.407 e. The van der Waals surface area contributed by atoms with Gasteiger partial charge in [-0.1, -0.05) is 43.2 Å². The van der Waals surface area contributed by atoms with Crippen molar-refractivity contribution in [2.24, 2.45) is 0 Å². The van der Waals surface area contributed by atoms with E-state index in [0.717, 1.165) is 49.4 Å². The second-order valence-corrected chi connectivity index (χ2v) is 10.6. The van der Waals surface area contributed by atoms with Gasteiger partial charge in [0.2, 0.25) is 0 Å². The molecule has 11 heteroatoms. The van der Waals surface area contributed by atoms with Crippen LogP contribution in [0.5, 0.6) is 5.75 Å². The fraction of sp³-hybridized carbons (Fsp3) is 0.452. The molecular weight excluding hydrogens is 544 g/mol. The molecule has 2 aromatic carbocycles. The number of hydrogen-bond acceptors (Lipinski definition) is 6. The molecule has 1 saturated carbocycles. The summed E-state index contributed by atoms with van der Waals surface area (Å²) < 4.78 is 40.0. The standard InChI is InChI=1S/C31H37F2N5O4/c1-2-41-31(40)36-26-10-6-7-11-27(26)38-20-35-28(29(38)21-8-4-3-5-9-21)30(39)37-14-13-34-19-24(37)12-15-42-25-17-22(32)16-23(33)18-25/h3-5,8-9,16-18,20,24,26-27,34H,2,6-7,10-15,19H2,1H3,(H,36,40)/t24-,26+,27+/m1/s1. The smallest absolute Gasteiger partial charge is 0.407 e. The molecule has 1 aromatic heterocycles. The number of aromatic nitrogens is 2. The van der Waals surface area contributed by atoms with E-state index in [1.54, 1.807) is 18.2 Å². The van der Waals surface area contributed by atoms with Crippen LogP contribution in [0.25, 0.3) is 11.3 Å². The summed E-state index contributed by atoms with van der Waals surface area (Å²) in [6.45, 7) is 3.92. The molecule has 1 aliphatic carbocycles. The minimum Gasteiger partial charge on any atom is -0.493 e. The van der Waals surface area contributed by atoms with E-state index in [1.807, 2.05) is 34.9 Å². The third kappa shape index (κ3) is 6.89. The molecule has 224 valence electrons.